The molecule has 106 valence electrons. The smallest absolute Gasteiger partial charge is 0.345 e. The van der Waals surface area contributed by atoms with E-state index in [9.17, 15) is 4.79 Å². The Morgan fingerprint density at radius 3 is 3.20 bits per heavy atom. The Morgan fingerprint density at radius 1 is 1.55 bits per heavy atom. The number of carbonyl (C=O) groups is 1. The number of fused-ring (bicyclic) bond motifs is 1. The van der Waals surface area contributed by atoms with Gasteiger partial charge in [0, 0.05) is 13.1 Å². The third-order valence-corrected chi connectivity index (χ3v) is 4.03. The first-order chi connectivity index (χ1) is 9.70. The van der Waals surface area contributed by atoms with Crippen molar-refractivity contribution in [2.75, 3.05) is 23.8 Å². The minimum absolute atomic E-state index is 0.218. The van der Waals surface area contributed by atoms with Crippen molar-refractivity contribution in [3.63, 3.8) is 0 Å². The molecule has 3 heterocycles. The third-order valence-electron chi connectivity index (χ3n) is 3.11. The van der Waals surface area contributed by atoms with Crippen molar-refractivity contribution in [3.8, 4) is 0 Å². The van der Waals surface area contributed by atoms with Gasteiger partial charge in [-0.05, 0) is 18.5 Å². The SMILES string of the molecule is CCOC(=O)c1c(N)nsc1N1CCn2cnnc2C1. The summed E-state index contributed by atoms with van der Waals surface area (Å²) in [5.41, 5.74) is 6.14. The average molecular weight is 294 g/mol. The van der Waals surface area contributed by atoms with Gasteiger partial charge in [-0.15, -0.1) is 10.2 Å². The monoisotopic (exact) mass is 294 g/mol. The molecule has 0 radical (unpaired) electrons. The number of esters is 1. The second-order valence-corrected chi connectivity index (χ2v) is 5.08. The van der Waals surface area contributed by atoms with E-state index in [-0.39, 0.29) is 5.82 Å². The maximum Gasteiger partial charge on any atom is 0.345 e. The fourth-order valence-corrected chi connectivity index (χ4v) is 2.97. The fourth-order valence-electron chi connectivity index (χ4n) is 2.14. The van der Waals surface area contributed by atoms with Crippen LogP contribution >= 0.6 is 11.5 Å². The second kappa shape index (κ2) is 5.08. The van der Waals surface area contributed by atoms with Gasteiger partial charge in [-0.3, -0.25) is 0 Å². The lowest BCUT2D eigenvalue weighted by atomic mass is 10.2. The van der Waals surface area contributed by atoms with E-state index in [0.29, 0.717) is 18.7 Å². The van der Waals surface area contributed by atoms with E-state index in [1.54, 1.807) is 13.3 Å². The van der Waals surface area contributed by atoms with Crippen LogP contribution in [0, 0.1) is 0 Å². The molecule has 1 aliphatic rings. The van der Waals surface area contributed by atoms with Crippen molar-refractivity contribution in [1.29, 1.82) is 0 Å². The van der Waals surface area contributed by atoms with Crippen molar-refractivity contribution >= 4 is 28.3 Å². The first-order valence-corrected chi connectivity index (χ1v) is 7.02. The number of hydrogen-bond acceptors (Lipinski definition) is 8. The zero-order valence-electron chi connectivity index (χ0n) is 10.9. The Morgan fingerprint density at radius 2 is 2.40 bits per heavy atom. The number of hydrogen-bond donors (Lipinski definition) is 1. The zero-order chi connectivity index (χ0) is 14.1. The van der Waals surface area contributed by atoms with Gasteiger partial charge in [0.2, 0.25) is 0 Å². The lowest BCUT2D eigenvalue weighted by Gasteiger charge is -2.27. The summed E-state index contributed by atoms with van der Waals surface area (Å²) in [6.07, 6.45) is 1.71. The normalized spacial score (nSPS) is 14.2. The molecule has 2 N–H and O–H groups in total. The Hall–Kier alpha value is -2.16. The van der Waals surface area contributed by atoms with Crippen LogP contribution < -0.4 is 10.6 Å². The lowest BCUT2D eigenvalue weighted by molar-refractivity contribution is 0.0528. The van der Waals surface area contributed by atoms with Crippen LogP contribution in [0.15, 0.2) is 6.33 Å². The van der Waals surface area contributed by atoms with Crippen LogP contribution in [0.4, 0.5) is 10.8 Å². The summed E-state index contributed by atoms with van der Waals surface area (Å²) in [5.74, 6) is 0.648. The molecule has 0 atom stereocenters. The van der Waals surface area contributed by atoms with Crippen LogP contribution in [0.5, 0.6) is 0 Å². The van der Waals surface area contributed by atoms with E-state index in [4.69, 9.17) is 10.5 Å². The molecule has 0 saturated carbocycles. The van der Waals surface area contributed by atoms with Gasteiger partial charge < -0.3 is 19.9 Å². The predicted molar refractivity (Wildman–Crippen MR) is 73.6 cm³/mol. The van der Waals surface area contributed by atoms with Crippen LogP contribution in [-0.2, 0) is 17.8 Å². The standard InChI is InChI=1S/C11H14N6O2S/c1-2-19-11(18)8-9(12)15-20-10(8)16-3-4-17-6-13-14-7(17)5-16/h6H,2-5H2,1H3,(H2,12,15). The molecule has 3 rings (SSSR count). The molecule has 0 aromatic carbocycles. The summed E-state index contributed by atoms with van der Waals surface area (Å²) in [7, 11) is 0. The van der Waals surface area contributed by atoms with E-state index in [1.807, 2.05) is 9.47 Å². The predicted octanol–water partition coefficient (Wildman–Crippen LogP) is 0.514. The van der Waals surface area contributed by atoms with Crippen molar-refractivity contribution < 1.29 is 9.53 Å². The summed E-state index contributed by atoms with van der Waals surface area (Å²) >= 11 is 1.21. The number of nitrogens with two attached hydrogens (primary N) is 1. The van der Waals surface area contributed by atoms with Crippen LogP contribution in [0.25, 0.3) is 0 Å². The molecule has 2 aromatic rings. The molecular formula is C11H14N6O2S. The average Bonchev–Trinajstić information content (AvgIpc) is 3.04. The van der Waals surface area contributed by atoms with Gasteiger partial charge in [0.15, 0.2) is 11.6 Å². The number of ether oxygens (including phenoxy) is 1. The molecule has 0 aliphatic carbocycles. The maximum atomic E-state index is 12.0. The lowest BCUT2D eigenvalue weighted by Crippen LogP contribution is -2.34. The topological polar surface area (TPSA) is 99.2 Å². The summed E-state index contributed by atoms with van der Waals surface area (Å²) in [6.45, 7) is 4.16. The van der Waals surface area contributed by atoms with Crippen molar-refractivity contribution in [2.24, 2.45) is 0 Å². The molecule has 1 aliphatic heterocycles. The largest absolute Gasteiger partial charge is 0.462 e. The van der Waals surface area contributed by atoms with Crippen molar-refractivity contribution in [1.82, 2.24) is 19.1 Å². The Labute approximate surface area is 119 Å². The minimum Gasteiger partial charge on any atom is -0.462 e. The first-order valence-electron chi connectivity index (χ1n) is 6.24. The maximum absolute atomic E-state index is 12.0. The molecule has 20 heavy (non-hydrogen) atoms. The fraction of sp³-hybridized carbons (Fsp3) is 0.455. The van der Waals surface area contributed by atoms with Gasteiger partial charge >= 0.3 is 5.97 Å². The van der Waals surface area contributed by atoms with Crippen LogP contribution in [0.2, 0.25) is 0 Å². The summed E-state index contributed by atoms with van der Waals surface area (Å²) in [4.78, 5) is 14.0. The Bertz CT molecular complexity index is 637. The van der Waals surface area contributed by atoms with Gasteiger partial charge in [0.1, 0.15) is 16.9 Å². The molecule has 0 amide bonds. The van der Waals surface area contributed by atoms with Crippen molar-refractivity contribution in [3.05, 3.63) is 17.7 Å². The molecule has 2 aromatic heterocycles. The number of carbonyl (C=O) groups excluding carboxylic acids is 1. The highest BCUT2D eigenvalue weighted by Crippen LogP contribution is 2.33. The zero-order valence-corrected chi connectivity index (χ0v) is 11.8. The summed E-state index contributed by atoms with van der Waals surface area (Å²) in [5, 5.41) is 8.67. The van der Waals surface area contributed by atoms with E-state index < -0.39 is 5.97 Å². The van der Waals surface area contributed by atoms with Crippen molar-refractivity contribution in [2.45, 2.75) is 20.0 Å². The third kappa shape index (κ3) is 2.09. The second-order valence-electron chi connectivity index (χ2n) is 4.33. The molecule has 9 heteroatoms. The molecular weight excluding hydrogens is 280 g/mol. The highest BCUT2D eigenvalue weighted by molar-refractivity contribution is 7.11. The van der Waals surface area contributed by atoms with Gasteiger partial charge in [-0.2, -0.15) is 4.37 Å². The number of aromatic nitrogens is 4. The van der Waals surface area contributed by atoms with E-state index >= 15 is 0 Å². The van der Waals surface area contributed by atoms with Gasteiger partial charge in [-0.25, -0.2) is 4.79 Å². The van der Waals surface area contributed by atoms with Gasteiger partial charge in [-0.1, -0.05) is 0 Å². The first kappa shape index (κ1) is 12.9. The van der Waals surface area contributed by atoms with E-state index in [1.165, 1.54) is 11.5 Å². The van der Waals surface area contributed by atoms with E-state index in [2.05, 4.69) is 14.6 Å². The van der Waals surface area contributed by atoms with Crippen LogP contribution in [0.3, 0.4) is 0 Å². The Kier molecular flexibility index (Phi) is 3.26. The number of anilines is 2. The quantitative estimate of drug-likeness (QED) is 0.823. The number of nitrogens with zero attached hydrogens (tertiary/aromatic N) is 5. The molecule has 0 spiro atoms. The molecule has 8 nitrogen and oxygen atoms in total. The summed E-state index contributed by atoms with van der Waals surface area (Å²) in [6, 6.07) is 0. The molecule has 0 saturated heterocycles. The Balaban J connectivity index is 1.90. The van der Waals surface area contributed by atoms with E-state index in [0.717, 1.165) is 23.9 Å². The van der Waals surface area contributed by atoms with Gasteiger partial charge in [0.25, 0.3) is 0 Å². The molecule has 0 bridgehead atoms. The van der Waals surface area contributed by atoms with Crippen LogP contribution in [0.1, 0.15) is 23.1 Å². The summed E-state index contributed by atoms with van der Waals surface area (Å²) < 4.78 is 11.1. The number of nitrogen functional groups attached to an aromatic ring is 1. The molecule has 0 fully saturated rings. The highest BCUT2D eigenvalue weighted by atomic mass is 32.1. The van der Waals surface area contributed by atoms with Crippen LogP contribution in [-0.4, -0.2) is 38.3 Å². The van der Waals surface area contributed by atoms with Gasteiger partial charge in [0.05, 0.1) is 13.2 Å². The minimum atomic E-state index is -0.430. The molecule has 0 unspecified atom stereocenters. The highest BCUT2D eigenvalue weighted by Gasteiger charge is 2.27. The number of rotatable bonds is 3.